The molecule has 232 valence electrons. The third-order valence-electron chi connectivity index (χ3n) is 12.7. The normalized spacial score (nSPS) is 36.4. The number of ether oxygens (including phenoxy) is 1. The first-order valence-corrected chi connectivity index (χ1v) is 16.5. The molecule has 4 saturated carbocycles. The lowest BCUT2D eigenvalue weighted by Crippen LogP contribution is -2.54. The SMILES string of the molecule is CC(C)CCC[C@@H](C)[C@H]1CC[C@H]2[C@@H]3CCC4CC(OC(=O)c5cc([N+](=O)[O-])cc([N+](=O)[O-])c5)CC[C@]4(C)[C@H]3CC[C@]12C. The van der Waals surface area contributed by atoms with Crippen LogP contribution < -0.4 is 0 Å². The van der Waals surface area contributed by atoms with Gasteiger partial charge >= 0.3 is 5.97 Å². The molecule has 42 heavy (non-hydrogen) atoms. The first-order valence-electron chi connectivity index (χ1n) is 16.5. The Morgan fingerprint density at radius 2 is 1.52 bits per heavy atom. The Morgan fingerprint density at radius 3 is 2.17 bits per heavy atom. The van der Waals surface area contributed by atoms with Gasteiger partial charge in [0.1, 0.15) is 6.10 Å². The predicted molar refractivity (Wildman–Crippen MR) is 162 cm³/mol. The molecule has 0 saturated heterocycles. The maximum atomic E-state index is 13.0. The largest absolute Gasteiger partial charge is 0.459 e. The van der Waals surface area contributed by atoms with Gasteiger partial charge in [0.25, 0.3) is 11.4 Å². The van der Waals surface area contributed by atoms with Gasteiger partial charge in [-0.15, -0.1) is 0 Å². The first-order chi connectivity index (χ1) is 19.8. The number of carbonyl (C=O) groups excluding carboxylic acids is 1. The number of non-ortho nitro benzene ring substituents is 2. The van der Waals surface area contributed by atoms with E-state index in [9.17, 15) is 25.0 Å². The number of benzene rings is 1. The summed E-state index contributed by atoms with van der Waals surface area (Å²) in [7, 11) is 0. The highest BCUT2D eigenvalue weighted by molar-refractivity contribution is 5.91. The van der Waals surface area contributed by atoms with Gasteiger partial charge in [0, 0.05) is 12.1 Å². The lowest BCUT2D eigenvalue weighted by Gasteiger charge is -2.61. The monoisotopic (exact) mass is 582 g/mol. The van der Waals surface area contributed by atoms with Crippen LogP contribution in [-0.4, -0.2) is 21.9 Å². The van der Waals surface area contributed by atoms with E-state index in [4.69, 9.17) is 4.74 Å². The average Bonchev–Trinajstić information content (AvgIpc) is 3.30. The summed E-state index contributed by atoms with van der Waals surface area (Å²) in [6.45, 7) is 12.3. The summed E-state index contributed by atoms with van der Waals surface area (Å²) in [5.41, 5.74) is -0.370. The Hall–Kier alpha value is -2.51. The van der Waals surface area contributed by atoms with Crippen LogP contribution in [0.3, 0.4) is 0 Å². The van der Waals surface area contributed by atoms with Crippen molar-refractivity contribution >= 4 is 17.3 Å². The number of fused-ring (bicyclic) bond motifs is 5. The maximum absolute atomic E-state index is 13.0. The average molecular weight is 583 g/mol. The molecule has 0 aliphatic heterocycles. The van der Waals surface area contributed by atoms with Crippen LogP contribution in [-0.2, 0) is 4.74 Å². The molecule has 4 fully saturated rings. The Bertz CT molecular complexity index is 1170. The zero-order chi connectivity index (χ0) is 30.4. The Kier molecular flexibility index (Phi) is 8.75. The Morgan fingerprint density at radius 1 is 0.881 bits per heavy atom. The van der Waals surface area contributed by atoms with Crippen molar-refractivity contribution in [3.8, 4) is 0 Å². The van der Waals surface area contributed by atoms with Crippen molar-refractivity contribution in [1.82, 2.24) is 0 Å². The van der Waals surface area contributed by atoms with Gasteiger partial charge in [-0.1, -0.05) is 53.9 Å². The number of nitro groups is 2. The number of nitrogens with zero attached hydrogens (tertiary/aromatic N) is 2. The third kappa shape index (κ3) is 5.71. The van der Waals surface area contributed by atoms with Gasteiger partial charge < -0.3 is 4.74 Å². The van der Waals surface area contributed by atoms with E-state index in [1.165, 1.54) is 51.4 Å². The van der Waals surface area contributed by atoms with Crippen LogP contribution in [0, 0.1) is 72.5 Å². The van der Waals surface area contributed by atoms with Crippen molar-refractivity contribution in [1.29, 1.82) is 0 Å². The minimum atomic E-state index is -0.719. The summed E-state index contributed by atoms with van der Waals surface area (Å²) >= 11 is 0. The number of hydrogen-bond acceptors (Lipinski definition) is 6. The number of rotatable bonds is 9. The fraction of sp³-hybridized carbons (Fsp3) is 0.794. The minimum absolute atomic E-state index is 0.131. The van der Waals surface area contributed by atoms with Gasteiger partial charge in [0.2, 0.25) is 0 Å². The third-order valence-corrected chi connectivity index (χ3v) is 12.7. The summed E-state index contributed by atoms with van der Waals surface area (Å²) < 4.78 is 5.87. The lowest BCUT2D eigenvalue weighted by atomic mass is 9.44. The summed E-state index contributed by atoms with van der Waals surface area (Å²) in [6, 6.07) is 3.02. The number of carbonyl (C=O) groups is 1. The smallest absolute Gasteiger partial charge is 0.338 e. The molecular weight excluding hydrogens is 532 g/mol. The van der Waals surface area contributed by atoms with Crippen LogP contribution in [0.5, 0.6) is 0 Å². The molecule has 9 atom stereocenters. The second-order valence-electron chi connectivity index (χ2n) is 15.2. The molecule has 0 amide bonds. The van der Waals surface area contributed by atoms with Gasteiger partial charge in [-0.3, -0.25) is 20.2 Å². The number of esters is 1. The van der Waals surface area contributed by atoms with Crippen molar-refractivity contribution in [2.24, 2.45) is 52.3 Å². The number of nitro benzene ring substituents is 2. The quantitative estimate of drug-likeness (QED) is 0.163. The van der Waals surface area contributed by atoms with Crippen molar-refractivity contribution < 1.29 is 19.4 Å². The lowest BCUT2D eigenvalue weighted by molar-refractivity contribution is -0.394. The fourth-order valence-electron chi connectivity index (χ4n) is 10.5. The van der Waals surface area contributed by atoms with Gasteiger partial charge in [-0.2, -0.15) is 0 Å². The van der Waals surface area contributed by atoms with E-state index in [0.29, 0.717) is 11.3 Å². The van der Waals surface area contributed by atoms with E-state index in [2.05, 4.69) is 34.6 Å². The zero-order valence-corrected chi connectivity index (χ0v) is 26.2. The molecule has 0 bridgehead atoms. The highest BCUT2D eigenvalue weighted by Gasteiger charge is 2.60. The summed E-state index contributed by atoms with van der Waals surface area (Å²) in [5.74, 6) is 4.56. The standard InChI is InChI=1S/C34H50N2O6/c1-21(2)7-6-8-22(3)29-11-12-30-28-10-9-24-19-27(13-15-33(24,4)31(28)14-16-34(29,30)5)42-32(37)23-17-25(35(38)39)20-26(18-23)36(40)41/h17-18,20-22,24,27-31H,6-16,19H2,1-5H3/t22-,24?,27?,28+,29-,30+,31+,33+,34-/m1/s1. The molecule has 1 aromatic carbocycles. The molecule has 0 N–H and O–H groups in total. The molecule has 5 rings (SSSR count). The van der Waals surface area contributed by atoms with Crippen molar-refractivity contribution in [3.05, 3.63) is 44.0 Å². The van der Waals surface area contributed by atoms with Crippen LogP contribution in [0.4, 0.5) is 11.4 Å². The van der Waals surface area contributed by atoms with Crippen LogP contribution >= 0.6 is 0 Å². The second-order valence-corrected chi connectivity index (χ2v) is 15.2. The van der Waals surface area contributed by atoms with E-state index in [1.54, 1.807) is 0 Å². The van der Waals surface area contributed by atoms with E-state index in [-0.39, 0.29) is 17.1 Å². The highest BCUT2D eigenvalue weighted by Crippen LogP contribution is 2.68. The summed E-state index contributed by atoms with van der Waals surface area (Å²) in [6.07, 6.45) is 14.2. The van der Waals surface area contributed by atoms with Crippen molar-refractivity contribution in [2.45, 2.75) is 118 Å². The molecule has 0 radical (unpaired) electrons. The van der Waals surface area contributed by atoms with Crippen molar-refractivity contribution in [2.75, 3.05) is 0 Å². The van der Waals surface area contributed by atoms with E-state index in [0.717, 1.165) is 79.4 Å². The molecule has 4 aliphatic carbocycles. The van der Waals surface area contributed by atoms with E-state index >= 15 is 0 Å². The topological polar surface area (TPSA) is 113 Å². The molecule has 8 nitrogen and oxygen atoms in total. The molecule has 0 heterocycles. The molecular formula is C34H50N2O6. The van der Waals surface area contributed by atoms with Gasteiger partial charge in [0.05, 0.1) is 21.5 Å². The Balaban J connectivity index is 1.23. The molecule has 0 spiro atoms. The maximum Gasteiger partial charge on any atom is 0.338 e. The molecule has 1 aromatic rings. The molecule has 8 heteroatoms. The first kappa shape index (κ1) is 30.9. The van der Waals surface area contributed by atoms with Crippen molar-refractivity contribution in [3.63, 3.8) is 0 Å². The van der Waals surface area contributed by atoms with Gasteiger partial charge in [0.15, 0.2) is 0 Å². The molecule has 4 aliphatic rings. The summed E-state index contributed by atoms with van der Waals surface area (Å²) in [4.78, 5) is 34.1. The second kappa shape index (κ2) is 11.9. The Labute approximate surface area is 250 Å². The van der Waals surface area contributed by atoms with E-state index in [1.807, 2.05) is 0 Å². The molecule has 0 aromatic heterocycles. The van der Waals surface area contributed by atoms with Gasteiger partial charge in [-0.25, -0.2) is 4.79 Å². The van der Waals surface area contributed by atoms with Crippen LogP contribution in [0.25, 0.3) is 0 Å². The number of hydrogen-bond donors (Lipinski definition) is 0. The van der Waals surface area contributed by atoms with Crippen LogP contribution in [0.15, 0.2) is 18.2 Å². The van der Waals surface area contributed by atoms with E-state index < -0.39 is 27.2 Å². The fourth-order valence-corrected chi connectivity index (χ4v) is 10.5. The molecule has 2 unspecified atom stereocenters. The summed E-state index contributed by atoms with van der Waals surface area (Å²) in [5, 5.41) is 22.6. The van der Waals surface area contributed by atoms with Crippen LogP contribution in [0.2, 0.25) is 0 Å². The highest BCUT2D eigenvalue weighted by atomic mass is 16.6. The minimum Gasteiger partial charge on any atom is -0.459 e. The van der Waals surface area contributed by atoms with Gasteiger partial charge in [-0.05, 0) is 110 Å². The van der Waals surface area contributed by atoms with Crippen LogP contribution in [0.1, 0.15) is 122 Å². The predicted octanol–water partition coefficient (Wildman–Crippen LogP) is 9.15. The zero-order valence-electron chi connectivity index (χ0n) is 26.2.